The van der Waals surface area contributed by atoms with Gasteiger partial charge < -0.3 is 25.2 Å². The molecule has 2 saturated heterocycles. The minimum Gasteiger partial charge on any atom is -0.378 e. The largest absolute Gasteiger partial charge is 0.378 e. The Morgan fingerprint density at radius 3 is 2.62 bits per heavy atom. The molecule has 7 nitrogen and oxygen atoms in total. The highest BCUT2D eigenvalue weighted by Gasteiger charge is 2.22. The minimum atomic E-state index is -0.273. The van der Waals surface area contributed by atoms with Crippen molar-refractivity contribution in [2.45, 2.75) is 18.9 Å². The summed E-state index contributed by atoms with van der Waals surface area (Å²) in [5.41, 5.74) is 1.21. The molecule has 0 bridgehead atoms. The molecule has 2 N–H and O–H groups in total. The topological polar surface area (TPSA) is 73.9 Å². The van der Waals surface area contributed by atoms with Crippen LogP contribution in [0.25, 0.3) is 0 Å². The molecule has 7 heteroatoms. The van der Waals surface area contributed by atoms with Crippen molar-refractivity contribution < 1.29 is 14.3 Å². The summed E-state index contributed by atoms with van der Waals surface area (Å²) in [7, 11) is 0. The first-order valence-electron chi connectivity index (χ1n) is 9.40. The van der Waals surface area contributed by atoms with Crippen LogP contribution in [0.2, 0.25) is 0 Å². The minimum absolute atomic E-state index is 0.0476. The highest BCUT2D eigenvalue weighted by molar-refractivity contribution is 5.82. The summed E-state index contributed by atoms with van der Waals surface area (Å²) in [6.45, 7) is 5.51. The Hall–Kier alpha value is -2.12. The number of carbonyl (C=O) groups is 2. The number of nitrogens with zero attached hydrogens (tertiary/aromatic N) is 2. The summed E-state index contributed by atoms with van der Waals surface area (Å²) in [6, 6.07) is 10.0. The lowest BCUT2D eigenvalue weighted by Crippen LogP contribution is -2.51. The zero-order valence-electron chi connectivity index (χ0n) is 15.2. The van der Waals surface area contributed by atoms with E-state index in [1.54, 1.807) is 0 Å². The normalized spacial score (nSPS) is 20.7. The molecule has 2 aliphatic heterocycles. The van der Waals surface area contributed by atoms with E-state index < -0.39 is 0 Å². The molecule has 1 atom stereocenters. The van der Waals surface area contributed by atoms with Gasteiger partial charge >= 0.3 is 0 Å². The molecule has 1 unspecified atom stereocenters. The van der Waals surface area contributed by atoms with Crippen LogP contribution >= 0.6 is 0 Å². The van der Waals surface area contributed by atoms with Gasteiger partial charge in [-0.05, 0) is 18.6 Å². The van der Waals surface area contributed by atoms with Crippen LogP contribution in [0, 0.1) is 0 Å². The number of carbonyl (C=O) groups excluding carboxylic acids is 2. The number of rotatable bonds is 6. The van der Waals surface area contributed by atoms with Gasteiger partial charge in [-0.3, -0.25) is 9.59 Å². The molecule has 0 saturated carbocycles. The van der Waals surface area contributed by atoms with E-state index >= 15 is 0 Å². The molecule has 2 heterocycles. The van der Waals surface area contributed by atoms with Crippen LogP contribution in [0.4, 0.5) is 5.69 Å². The second kappa shape index (κ2) is 9.54. The number of hydrogen-bond acceptors (Lipinski definition) is 5. The van der Waals surface area contributed by atoms with E-state index in [0.717, 1.165) is 26.2 Å². The quantitative estimate of drug-likeness (QED) is 0.710. The predicted octanol–water partition coefficient (Wildman–Crippen LogP) is 0.220. The summed E-state index contributed by atoms with van der Waals surface area (Å²) in [5, 5.41) is 6.00. The number of nitrogens with one attached hydrogen (secondary N) is 2. The van der Waals surface area contributed by atoms with E-state index in [9.17, 15) is 9.59 Å². The Labute approximate surface area is 154 Å². The average Bonchev–Trinajstić information content (AvgIpc) is 2.72. The average molecular weight is 360 g/mol. The van der Waals surface area contributed by atoms with Crippen LogP contribution in [-0.2, 0) is 14.3 Å². The molecule has 0 aromatic heterocycles. The maximum Gasteiger partial charge on any atom is 0.239 e. The summed E-state index contributed by atoms with van der Waals surface area (Å²) < 4.78 is 5.28. The third-order valence-electron chi connectivity index (χ3n) is 4.86. The van der Waals surface area contributed by atoms with Gasteiger partial charge in [-0.25, -0.2) is 0 Å². The molecule has 2 aliphatic rings. The monoisotopic (exact) mass is 360 g/mol. The van der Waals surface area contributed by atoms with E-state index in [1.165, 1.54) is 5.69 Å². The second-order valence-corrected chi connectivity index (χ2v) is 6.68. The van der Waals surface area contributed by atoms with Crippen LogP contribution < -0.4 is 15.5 Å². The van der Waals surface area contributed by atoms with E-state index in [-0.39, 0.29) is 17.9 Å². The number of piperazine rings is 1. The van der Waals surface area contributed by atoms with Crippen molar-refractivity contribution in [2.75, 3.05) is 57.4 Å². The number of para-hydroxylation sites is 1. The first-order valence-corrected chi connectivity index (χ1v) is 9.40. The number of benzene rings is 1. The molecule has 0 spiro atoms. The van der Waals surface area contributed by atoms with Gasteiger partial charge in [0.2, 0.25) is 11.8 Å². The molecular formula is C19H28N4O3. The molecule has 1 aromatic rings. The highest BCUT2D eigenvalue weighted by Crippen LogP contribution is 2.16. The number of amides is 2. The van der Waals surface area contributed by atoms with Gasteiger partial charge in [0, 0.05) is 51.4 Å². The molecule has 0 radical (unpaired) electrons. The van der Waals surface area contributed by atoms with Gasteiger partial charge in [-0.2, -0.15) is 0 Å². The van der Waals surface area contributed by atoms with E-state index in [2.05, 4.69) is 27.7 Å². The third kappa shape index (κ3) is 5.19. The Kier molecular flexibility index (Phi) is 6.85. The van der Waals surface area contributed by atoms with Crippen molar-refractivity contribution in [3.8, 4) is 0 Å². The highest BCUT2D eigenvalue weighted by atomic mass is 16.5. The molecule has 2 amide bonds. The van der Waals surface area contributed by atoms with Crippen molar-refractivity contribution >= 4 is 17.5 Å². The number of morpholine rings is 1. The van der Waals surface area contributed by atoms with Crippen molar-refractivity contribution in [2.24, 2.45) is 0 Å². The zero-order valence-corrected chi connectivity index (χ0v) is 15.2. The van der Waals surface area contributed by atoms with Crippen molar-refractivity contribution in [3.05, 3.63) is 30.3 Å². The second-order valence-electron chi connectivity index (χ2n) is 6.68. The van der Waals surface area contributed by atoms with Gasteiger partial charge in [-0.15, -0.1) is 0 Å². The van der Waals surface area contributed by atoms with Crippen LogP contribution in [0.5, 0.6) is 0 Å². The molecule has 2 fully saturated rings. The maximum atomic E-state index is 12.3. The number of ether oxygens (including phenoxy) is 1. The molecular weight excluding hydrogens is 332 g/mol. The maximum absolute atomic E-state index is 12.3. The fourth-order valence-electron chi connectivity index (χ4n) is 3.32. The summed E-state index contributed by atoms with van der Waals surface area (Å²) >= 11 is 0. The van der Waals surface area contributed by atoms with E-state index in [4.69, 9.17) is 4.74 Å². The van der Waals surface area contributed by atoms with E-state index in [0.29, 0.717) is 39.1 Å². The van der Waals surface area contributed by atoms with Gasteiger partial charge in [0.25, 0.3) is 0 Å². The molecule has 3 rings (SSSR count). The Balaban J connectivity index is 1.31. The first-order chi connectivity index (χ1) is 12.7. The van der Waals surface area contributed by atoms with Crippen molar-refractivity contribution in [1.82, 2.24) is 15.5 Å². The van der Waals surface area contributed by atoms with Crippen molar-refractivity contribution in [1.29, 1.82) is 0 Å². The first kappa shape index (κ1) is 18.7. The third-order valence-corrected chi connectivity index (χ3v) is 4.86. The standard InChI is InChI=1S/C19H28N4O3/c24-18(7-4-8-21-19(25)17-15-26-14-9-20-17)23-12-10-22(11-13-23)16-5-2-1-3-6-16/h1-3,5-6,17,20H,4,7-15H2,(H,21,25). The molecule has 1 aromatic carbocycles. The van der Waals surface area contributed by atoms with Gasteiger partial charge in [0.15, 0.2) is 0 Å². The lowest BCUT2D eigenvalue weighted by molar-refractivity contribution is -0.132. The summed E-state index contributed by atoms with van der Waals surface area (Å²) in [6.07, 6.45) is 1.14. The number of hydrogen-bond donors (Lipinski definition) is 2. The van der Waals surface area contributed by atoms with Gasteiger partial charge in [0.1, 0.15) is 6.04 Å². The molecule has 0 aliphatic carbocycles. The fourth-order valence-corrected chi connectivity index (χ4v) is 3.32. The zero-order chi connectivity index (χ0) is 18.2. The summed E-state index contributed by atoms with van der Waals surface area (Å²) in [4.78, 5) is 28.5. The van der Waals surface area contributed by atoms with Crippen LogP contribution in [0.1, 0.15) is 12.8 Å². The van der Waals surface area contributed by atoms with E-state index in [1.807, 2.05) is 23.1 Å². The fraction of sp³-hybridized carbons (Fsp3) is 0.579. The Morgan fingerprint density at radius 1 is 1.15 bits per heavy atom. The van der Waals surface area contributed by atoms with Crippen LogP contribution in [0.3, 0.4) is 0 Å². The van der Waals surface area contributed by atoms with Gasteiger partial charge in [0.05, 0.1) is 13.2 Å². The Bertz CT molecular complexity index is 582. The SMILES string of the molecule is O=C(NCCCC(=O)N1CCN(c2ccccc2)CC1)C1COCCN1. The number of anilines is 1. The van der Waals surface area contributed by atoms with Crippen LogP contribution in [-0.4, -0.2) is 75.2 Å². The lowest BCUT2D eigenvalue weighted by atomic mass is 10.2. The Morgan fingerprint density at radius 2 is 1.92 bits per heavy atom. The smallest absolute Gasteiger partial charge is 0.239 e. The van der Waals surface area contributed by atoms with Crippen LogP contribution in [0.15, 0.2) is 30.3 Å². The predicted molar refractivity (Wildman–Crippen MR) is 100 cm³/mol. The van der Waals surface area contributed by atoms with Crippen molar-refractivity contribution in [3.63, 3.8) is 0 Å². The summed E-state index contributed by atoms with van der Waals surface area (Å²) in [5.74, 6) is 0.125. The lowest BCUT2D eigenvalue weighted by Gasteiger charge is -2.36. The molecule has 26 heavy (non-hydrogen) atoms. The van der Waals surface area contributed by atoms with Gasteiger partial charge in [-0.1, -0.05) is 18.2 Å². The molecule has 142 valence electrons.